The van der Waals surface area contributed by atoms with E-state index in [-0.39, 0.29) is 5.91 Å². The molecule has 0 saturated heterocycles. The molecule has 0 bridgehead atoms. The van der Waals surface area contributed by atoms with Crippen LogP contribution in [-0.4, -0.2) is 48.1 Å². The van der Waals surface area contributed by atoms with Gasteiger partial charge in [0, 0.05) is 35.2 Å². The quantitative estimate of drug-likeness (QED) is 0.228. The number of rotatable bonds is 6. The monoisotopic (exact) mass is 556 g/mol. The summed E-state index contributed by atoms with van der Waals surface area (Å²) in [6.45, 7) is 0. The number of aromatic amines is 2. The maximum atomic E-state index is 14.3. The Labute approximate surface area is 237 Å². The van der Waals surface area contributed by atoms with Crippen molar-refractivity contribution in [3.05, 3.63) is 103 Å². The molecule has 0 atom stereocenters. The predicted molar refractivity (Wildman–Crippen MR) is 156 cm³/mol. The van der Waals surface area contributed by atoms with Crippen molar-refractivity contribution in [3.8, 4) is 39.8 Å². The molecule has 0 aliphatic rings. The van der Waals surface area contributed by atoms with Crippen LogP contribution in [0.15, 0.2) is 91.4 Å². The fourth-order valence-corrected chi connectivity index (χ4v) is 4.74. The van der Waals surface area contributed by atoms with Gasteiger partial charge in [-0.05, 0) is 48.5 Å². The Morgan fingerprint density at radius 2 is 1.74 bits per heavy atom. The summed E-state index contributed by atoms with van der Waals surface area (Å²) < 4.78 is 19.5. The Bertz CT molecular complexity index is 2110. The summed E-state index contributed by atoms with van der Waals surface area (Å²) >= 11 is 0. The molecule has 7 rings (SSSR count). The number of pyridine rings is 3. The molecule has 7 aromatic rings. The van der Waals surface area contributed by atoms with E-state index in [9.17, 15) is 9.18 Å². The number of methoxy groups -OCH3 is 1. The smallest absolute Gasteiger partial charge is 0.255 e. The third-order valence-electron chi connectivity index (χ3n) is 6.74. The van der Waals surface area contributed by atoms with Gasteiger partial charge in [0.1, 0.15) is 22.6 Å². The summed E-state index contributed by atoms with van der Waals surface area (Å²) in [5.41, 5.74) is 6.55. The number of H-pyrrole nitrogens is 2. The Kier molecular flexibility index (Phi) is 6.08. The van der Waals surface area contributed by atoms with Gasteiger partial charge in [-0.2, -0.15) is 5.10 Å². The molecule has 3 N–H and O–H groups in total. The van der Waals surface area contributed by atoms with E-state index in [1.54, 1.807) is 42.9 Å². The van der Waals surface area contributed by atoms with E-state index in [4.69, 9.17) is 14.7 Å². The highest BCUT2D eigenvalue weighted by molar-refractivity contribution is 6.04. The standard InChI is InChI=1S/C31H21FN8O2/c1-42-22-13-18(11-20(32)14-22)26-27-24(9-10-34-26)37-30(38-27)29-28-25(39-40-29)8-7-23(36-28)19-12-21(16-33-15-19)35-31(41)17-5-3-2-4-6-17/h2-16H,1H3,(H,35,41)(H,37,38)(H,39,40). The lowest BCUT2D eigenvalue weighted by molar-refractivity contribution is 0.102. The first-order chi connectivity index (χ1) is 20.6. The van der Waals surface area contributed by atoms with Crippen LogP contribution in [0.3, 0.4) is 0 Å². The Hall–Kier alpha value is -5.97. The van der Waals surface area contributed by atoms with Gasteiger partial charge in [-0.3, -0.25) is 19.9 Å². The molecule has 0 aliphatic heterocycles. The van der Waals surface area contributed by atoms with E-state index in [0.717, 1.165) is 0 Å². The van der Waals surface area contributed by atoms with Crippen molar-refractivity contribution in [3.63, 3.8) is 0 Å². The van der Waals surface area contributed by atoms with Gasteiger partial charge >= 0.3 is 0 Å². The van der Waals surface area contributed by atoms with Gasteiger partial charge in [-0.25, -0.2) is 14.4 Å². The lowest BCUT2D eigenvalue weighted by Gasteiger charge is -2.07. The molecule has 10 nitrogen and oxygen atoms in total. The number of benzene rings is 2. The van der Waals surface area contributed by atoms with Crippen molar-refractivity contribution < 1.29 is 13.9 Å². The van der Waals surface area contributed by atoms with Crippen LogP contribution in [0.25, 0.3) is 56.1 Å². The number of anilines is 1. The molecule has 204 valence electrons. The average Bonchev–Trinajstić information content (AvgIpc) is 3.65. The zero-order chi connectivity index (χ0) is 28.6. The van der Waals surface area contributed by atoms with E-state index in [1.807, 2.05) is 36.4 Å². The summed E-state index contributed by atoms with van der Waals surface area (Å²) in [7, 11) is 1.48. The van der Waals surface area contributed by atoms with Gasteiger partial charge in [0.2, 0.25) is 0 Å². The fourth-order valence-electron chi connectivity index (χ4n) is 4.74. The number of hydrogen-bond acceptors (Lipinski definition) is 7. The lowest BCUT2D eigenvalue weighted by Crippen LogP contribution is -2.11. The topological polar surface area (TPSA) is 134 Å². The predicted octanol–water partition coefficient (Wildman–Crippen LogP) is 6.03. The molecule has 0 spiro atoms. The molecule has 42 heavy (non-hydrogen) atoms. The summed E-state index contributed by atoms with van der Waals surface area (Å²) in [6.07, 6.45) is 4.89. The third-order valence-corrected chi connectivity index (χ3v) is 6.74. The van der Waals surface area contributed by atoms with Gasteiger partial charge in [0.15, 0.2) is 11.5 Å². The van der Waals surface area contributed by atoms with Crippen LogP contribution in [0.2, 0.25) is 0 Å². The number of carbonyl (C=O) groups is 1. The molecule has 5 aromatic heterocycles. The Balaban J connectivity index is 1.25. The van der Waals surface area contributed by atoms with Gasteiger partial charge in [0.05, 0.1) is 41.4 Å². The van der Waals surface area contributed by atoms with Crippen molar-refractivity contribution in [2.75, 3.05) is 12.4 Å². The SMILES string of the molecule is COc1cc(F)cc(-c2nccc3[nH]c(-c4n[nH]c5ccc(-c6cncc(NC(=O)c7ccccc7)c6)nc45)nc23)c1. The molecule has 0 unspecified atom stereocenters. The van der Waals surface area contributed by atoms with Crippen molar-refractivity contribution in [2.45, 2.75) is 0 Å². The number of nitrogens with one attached hydrogen (secondary N) is 3. The summed E-state index contributed by atoms with van der Waals surface area (Å²) in [6, 6.07) is 20.7. The number of halogens is 1. The number of ether oxygens (including phenoxy) is 1. The number of imidazole rings is 1. The molecule has 2 aromatic carbocycles. The lowest BCUT2D eigenvalue weighted by atomic mass is 10.1. The van der Waals surface area contributed by atoms with Crippen LogP contribution in [0.5, 0.6) is 5.75 Å². The maximum Gasteiger partial charge on any atom is 0.255 e. The maximum absolute atomic E-state index is 14.3. The molecule has 0 aliphatic carbocycles. The summed E-state index contributed by atoms with van der Waals surface area (Å²) in [4.78, 5) is 34.3. The average molecular weight is 557 g/mol. The first-order valence-electron chi connectivity index (χ1n) is 12.9. The van der Waals surface area contributed by atoms with Crippen molar-refractivity contribution >= 4 is 33.7 Å². The Morgan fingerprint density at radius 1 is 0.881 bits per heavy atom. The van der Waals surface area contributed by atoms with E-state index in [1.165, 1.54) is 19.2 Å². The van der Waals surface area contributed by atoms with Crippen molar-refractivity contribution in [2.24, 2.45) is 0 Å². The highest BCUT2D eigenvalue weighted by Crippen LogP contribution is 2.32. The first-order valence-corrected chi connectivity index (χ1v) is 12.9. The molecule has 11 heteroatoms. The van der Waals surface area contributed by atoms with Crippen LogP contribution in [0.4, 0.5) is 10.1 Å². The highest BCUT2D eigenvalue weighted by atomic mass is 19.1. The van der Waals surface area contributed by atoms with Gasteiger partial charge < -0.3 is 15.0 Å². The second-order valence-corrected chi connectivity index (χ2v) is 9.47. The summed E-state index contributed by atoms with van der Waals surface area (Å²) in [5.74, 6) is 0.186. The zero-order valence-corrected chi connectivity index (χ0v) is 22.1. The number of hydrogen-bond donors (Lipinski definition) is 3. The molecule has 0 radical (unpaired) electrons. The minimum Gasteiger partial charge on any atom is -0.497 e. The van der Waals surface area contributed by atoms with Crippen molar-refractivity contribution in [1.82, 2.24) is 35.1 Å². The van der Waals surface area contributed by atoms with Gasteiger partial charge in [0.25, 0.3) is 5.91 Å². The Morgan fingerprint density at radius 3 is 2.60 bits per heavy atom. The number of nitrogens with zero attached hydrogens (tertiary/aromatic N) is 5. The third kappa shape index (κ3) is 4.58. The summed E-state index contributed by atoms with van der Waals surface area (Å²) in [5, 5.41) is 10.4. The first kappa shape index (κ1) is 25.0. The number of aromatic nitrogens is 7. The molecular weight excluding hydrogens is 535 g/mol. The number of carbonyl (C=O) groups excluding carboxylic acids is 1. The van der Waals surface area contributed by atoms with E-state index in [0.29, 0.717) is 73.1 Å². The van der Waals surface area contributed by atoms with E-state index in [2.05, 4.69) is 30.5 Å². The molecule has 0 saturated carbocycles. The molecule has 5 heterocycles. The second kappa shape index (κ2) is 10.2. The van der Waals surface area contributed by atoms with Crippen LogP contribution < -0.4 is 10.1 Å². The normalized spacial score (nSPS) is 11.2. The van der Waals surface area contributed by atoms with E-state index >= 15 is 0 Å². The van der Waals surface area contributed by atoms with E-state index < -0.39 is 5.82 Å². The molecule has 1 amide bonds. The molecular formula is C31H21FN8O2. The van der Waals surface area contributed by atoms with Crippen molar-refractivity contribution in [1.29, 1.82) is 0 Å². The second-order valence-electron chi connectivity index (χ2n) is 9.47. The van der Waals surface area contributed by atoms with Crippen LogP contribution in [0, 0.1) is 5.82 Å². The largest absolute Gasteiger partial charge is 0.497 e. The minimum atomic E-state index is -0.438. The van der Waals surface area contributed by atoms with Crippen LogP contribution in [0.1, 0.15) is 10.4 Å². The zero-order valence-electron chi connectivity index (χ0n) is 22.1. The minimum absolute atomic E-state index is 0.231. The number of fused-ring (bicyclic) bond motifs is 2. The van der Waals surface area contributed by atoms with Crippen LogP contribution in [-0.2, 0) is 0 Å². The molecule has 0 fully saturated rings. The number of amides is 1. The fraction of sp³-hybridized carbons (Fsp3) is 0.0323. The van der Waals surface area contributed by atoms with Gasteiger partial charge in [-0.1, -0.05) is 18.2 Å². The van der Waals surface area contributed by atoms with Gasteiger partial charge in [-0.15, -0.1) is 0 Å². The van der Waals surface area contributed by atoms with Crippen LogP contribution >= 0.6 is 0 Å². The highest BCUT2D eigenvalue weighted by Gasteiger charge is 2.18.